The van der Waals surface area contributed by atoms with Crippen molar-refractivity contribution in [2.45, 2.75) is 6.42 Å². The van der Waals surface area contributed by atoms with Crippen LogP contribution in [0.1, 0.15) is 15.9 Å². The number of carbonyl (C=O) groups is 2. The van der Waals surface area contributed by atoms with E-state index in [4.69, 9.17) is 22.7 Å². The fourth-order valence-electron chi connectivity index (χ4n) is 3.46. The lowest BCUT2D eigenvalue weighted by atomic mass is 10.1. The lowest BCUT2D eigenvalue weighted by molar-refractivity contribution is -0.137. The fourth-order valence-corrected chi connectivity index (χ4v) is 3.67. The minimum absolute atomic E-state index is 0.0827. The van der Waals surface area contributed by atoms with Crippen molar-refractivity contribution in [3.05, 3.63) is 114 Å². The number of pyridine rings is 1. The molecule has 11 nitrogen and oxygen atoms in total. The van der Waals surface area contributed by atoms with Crippen molar-refractivity contribution in [2.24, 2.45) is 5.73 Å². The summed E-state index contributed by atoms with van der Waals surface area (Å²) in [4.78, 5) is 28.0. The molecule has 40 heavy (non-hydrogen) atoms. The highest BCUT2D eigenvalue weighted by Gasteiger charge is 2.09. The Kier molecular flexibility index (Phi) is 9.67. The van der Waals surface area contributed by atoms with Crippen molar-refractivity contribution < 1.29 is 14.3 Å². The maximum atomic E-state index is 12.1. The van der Waals surface area contributed by atoms with E-state index in [-0.39, 0.29) is 12.4 Å². The van der Waals surface area contributed by atoms with Gasteiger partial charge in [0, 0.05) is 30.1 Å². The van der Waals surface area contributed by atoms with Crippen molar-refractivity contribution in [1.29, 1.82) is 0 Å². The van der Waals surface area contributed by atoms with Gasteiger partial charge in [0.2, 0.25) is 0 Å². The molecule has 0 aliphatic carbocycles. The molecule has 12 heteroatoms. The van der Waals surface area contributed by atoms with Gasteiger partial charge in [0.1, 0.15) is 5.82 Å². The number of aromatic nitrogens is 3. The number of benzene rings is 2. The number of carbonyl (C=O) groups excluding carboxylic acids is 2. The molecule has 0 saturated carbocycles. The van der Waals surface area contributed by atoms with Crippen LogP contribution in [0.25, 0.3) is 11.3 Å². The molecule has 202 valence electrons. The summed E-state index contributed by atoms with van der Waals surface area (Å²) in [5.74, 6) is -0.704. The molecule has 0 fully saturated rings. The molecular weight excluding hydrogens is 528 g/mol. The standard InChI is InChI=1S/C28H26N8O3S/c29-24(34-36-27(38)21-10-6-15-30-18-21)17-26(37)39-16-14-20-9-4-5-11-22(20)31-28(40)32-25-13-12-23(33-35-25)19-7-2-1-3-8-19/h1-13,15,17-18,34H,14,16,29H2,(H,36,38)(H2,31,32,35,40). The van der Waals surface area contributed by atoms with Crippen LogP contribution in [0.5, 0.6) is 0 Å². The summed E-state index contributed by atoms with van der Waals surface area (Å²) in [6.45, 7) is 0.0932. The van der Waals surface area contributed by atoms with Gasteiger partial charge in [-0.25, -0.2) is 4.79 Å². The number of hydrogen-bond donors (Lipinski definition) is 5. The van der Waals surface area contributed by atoms with E-state index < -0.39 is 11.9 Å². The third-order valence-electron chi connectivity index (χ3n) is 5.37. The van der Waals surface area contributed by atoms with Crippen LogP contribution < -0.4 is 27.2 Å². The Morgan fingerprint density at radius 1 is 0.900 bits per heavy atom. The first-order chi connectivity index (χ1) is 19.5. The number of para-hydroxylation sites is 1. The van der Waals surface area contributed by atoms with Gasteiger partial charge in [-0.1, -0.05) is 48.5 Å². The topological polar surface area (TPSA) is 156 Å². The first-order valence-electron chi connectivity index (χ1n) is 12.1. The number of nitrogens with one attached hydrogen (secondary N) is 4. The van der Waals surface area contributed by atoms with E-state index >= 15 is 0 Å². The second kappa shape index (κ2) is 14.0. The Hall–Kier alpha value is -5.36. The Morgan fingerprint density at radius 3 is 2.45 bits per heavy atom. The number of thiocarbonyl (C=S) groups is 1. The van der Waals surface area contributed by atoms with Crippen LogP contribution in [0.3, 0.4) is 0 Å². The Bertz CT molecular complexity index is 1480. The summed E-state index contributed by atoms with van der Waals surface area (Å²) in [5.41, 5.74) is 14.3. The van der Waals surface area contributed by atoms with Crippen molar-refractivity contribution in [2.75, 3.05) is 17.2 Å². The highest BCUT2D eigenvalue weighted by Crippen LogP contribution is 2.18. The number of esters is 1. The largest absolute Gasteiger partial charge is 0.462 e. The number of rotatable bonds is 10. The number of ether oxygens (including phenoxy) is 1. The normalized spacial score (nSPS) is 10.8. The number of hydrogen-bond acceptors (Lipinski definition) is 9. The number of nitrogens with two attached hydrogens (primary N) is 1. The molecule has 0 atom stereocenters. The molecule has 0 unspecified atom stereocenters. The fraction of sp³-hybridized carbons (Fsp3) is 0.0714. The lowest BCUT2D eigenvalue weighted by Crippen LogP contribution is -2.39. The molecule has 2 aromatic heterocycles. The first kappa shape index (κ1) is 27.7. The minimum atomic E-state index is -0.666. The smallest absolute Gasteiger partial charge is 0.334 e. The summed E-state index contributed by atoms with van der Waals surface area (Å²) in [7, 11) is 0. The van der Waals surface area contributed by atoms with Crippen LogP contribution >= 0.6 is 12.2 Å². The quantitative estimate of drug-likeness (QED) is 0.0849. The van der Waals surface area contributed by atoms with Gasteiger partial charge in [-0.05, 0) is 48.1 Å². The zero-order valence-corrected chi connectivity index (χ0v) is 22.0. The summed E-state index contributed by atoms with van der Waals surface area (Å²) in [6, 6.07) is 24.1. The van der Waals surface area contributed by atoms with E-state index in [1.807, 2.05) is 60.7 Å². The van der Waals surface area contributed by atoms with E-state index in [0.717, 1.165) is 28.6 Å². The van der Waals surface area contributed by atoms with Crippen molar-refractivity contribution >= 4 is 40.7 Å². The summed E-state index contributed by atoms with van der Waals surface area (Å²) in [6.07, 6.45) is 4.41. The zero-order valence-electron chi connectivity index (χ0n) is 21.2. The van der Waals surface area contributed by atoms with Crippen LogP contribution in [0.4, 0.5) is 11.5 Å². The number of hydrazine groups is 1. The van der Waals surface area contributed by atoms with Gasteiger partial charge in [-0.2, -0.15) is 0 Å². The predicted octanol–water partition coefficient (Wildman–Crippen LogP) is 3.17. The minimum Gasteiger partial charge on any atom is -0.462 e. The lowest BCUT2D eigenvalue weighted by Gasteiger charge is -2.14. The van der Waals surface area contributed by atoms with E-state index in [1.54, 1.807) is 24.4 Å². The molecule has 0 radical (unpaired) electrons. The van der Waals surface area contributed by atoms with Gasteiger partial charge in [-0.15, -0.1) is 10.2 Å². The van der Waals surface area contributed by atoms with Gasteiger partial charge in [0.05, 0.1) is 23.9 Å². The van der Waals surface area contributed by atoms with Crippen molar-refractivity contribution in [3.63, 3.8) is 0 Å². The number of anilines is 2. The Morgan fingerprint density at radius 2 is 1.70 bits per heavy atom. The summed E-state index contributed by atoms with van der Waals surface area (Å²) < 4.78 is 5.26. The van der Waals surface area contributed by atoms with Gasteiger partial charge < -0.3 is 21.1 Å². The molecule has 4 rings (SSSR count). The highest BCUT2D eigenvalue weighted by atomic mass is 32.1. The molecular formula is C28H26N8O3S. The van der Waals surface area contributed by atoms with Crippen LogP contribution in [0, 0.1) is 0 Å². The van der Waals surface area contributed by atoms with E-state index in [9.17, 15) is 9.59 Å². The van der Waals surface area contributed by atoms with Crippen LogP contribution in [-0.2, 0) is 16.0 Å². The molecule has 0 bridgehead atoms. The molecule has 0 aliphatic heterocycles. The summed E-state index contributed by atoms with van der Waals surface area (Å²) in [5, 5.41) is 14.9. The van der Waals surface area contributed by atoms with Gasteiger partial charge in [0.15, 0.2) is 10.9 Å². The maximum Gasteiger partial charge on any atom is 0.334 e. The van der Waals surface area contributed by atoms with Crippen LogP contribution in [-0.4, -0.2) is 38.8 Å². The zero-order chi connectivity index (χ0) is 28.2. The van der Waals surface area contributed by atoms with Gasteiger partial charge >= 0.3 is 5.97 Å². The maximum absolute atomic E-state index is 12.1. The molecule has 6 N–H and O–H groups in total. The highest BCUT2D eigenvalue weighted by molar-refractivity contribution is 7.80. The predicted molar refractivity (Wildman–Crippen MR) is 156 cm³/mol. The molecule has 4 aromatic rings. The number of amides is 1. The molecule has 2 heterocycles. The van der Waals surface area contributed by atoms with E-state index in [2.05, 4.69) is 36.7 Å². The van der Waals surface area contributed by atoms with Crippen LogP contribution in [0.2, 0.25) is 0 Å². The first-order valence-corrected chi connectivity index (χ1v) is 12.5. The second-order valence-electron chi connectivity index (χ2n) is 8.24. The molecule has 2 aromatic carbocycles. The van der Waals surface area contributed by atoms with Crippen molar-refractivity contribution in [3.8, 4) is 11.3 Å². The molecule has 1 amide bonds. The van der Waals surface area contributed by atoms with Crippen molar-refractivity contribution in [1.82, 2.24) is 26.0 Å². The third kappa shape index (κ3) is 8.33. The monoisotopic (exact) mass is 554 g/mol. The SMILES string of the molecule is NC(=CC(=O)OCCc1ccccc1NC(=S)Nc1ccc(-c2ccccc2)nn1)NNC(=O)c1cccnc1. The Labute approximate surface area is 235 Å². The van der Waals surface area contributed by atoms with Gasteiger partial charge in [-0.3, -0.25) is 20.6 Å². The average molecular weight is 555 g/mol. The molecule has 0 saturated heterocycles. The average Bonchev–Trinajstić information content (AvgIpc) is 2.98. The van der Waals surface area contributed by atoms with Crippen LogP contribution in [0.15, 0.2) is 103 Å². The Balaban J connectivity index is 1.24. The second-order valence-corrected chi connectivity index (χ2v) is 8.65. The molecule has 0 spiro atoms. The van der Waals surface area contributed by atoms with E-state index in [1.165, 1.54) is 6.20 Å². The number of nitrogens with zero attached hydrogens (tertiary/aromatic N) is 3. The van der Waals surface area contributed by atoms with E-state index in [0.29, 0.717) is 22.9 Å². The van der Waals surface area contributed by atoms with Gasteiger partial charge in [0.25, 0.3) is 5.91 Å². The summed E-state index contributed by atoms with van der Waals surface area (Å²) >= 11 is 5.44. The molecule has 0 aliphatic rings. The third-order valence-corrected chi connectivity index (χ3v) is 5.58.